The fraction of sp³-hybridized carbons (Fsp3) is 0.632. The van der Waals surface area contributed by atoms with Gasteiger partial charge in [0.15, 0.2) is 0 Å². The minimum Gasteiger partial charge on any atom is -0.351 e. The monoisotopic (exact) mass is 430 g/mol. The molecule has 0 aliphatic carbocycles. The number of halogens is 1. The van der Waals surface area contributed by atoms with E-state index >= 15 is 0 Å². The first-order chi connectivity index (χ1) is 13.0. The summed E-state index contributed by atoms with van der Waals surface area (Å²) in [6.45, 7) is 6.41. The molecule has 9 heteroatoms. The van der Waals surface area contributed by atoms with Gasteiger partial charge >= 0.3 is 0 Å². The Hall–Kier alpha value is -1.19. The summed E-state index contributed by atoms with van der Waals surface area (Å²) in [7, 11) is -3.51. The molecule has 1 atom stereocenters. The van der Waals surface area contributed by atoms with E-state index in [0.29, 0.717) is 36.1 Å². The van der Waals surface area contributed by atoms with Crippen molar-refractivity contribution in [3.05, 3.63) is 29.8 Å². The predicted molar refractivity (Wildman–Crippen MR) is 112 cm³/mol. The van der Waals surface area contributed by atoms with Gasteiger partial charge < -0.3 is 10.6 Å². The lowest BCUT2D eigenvalue weighted by Crippen LogP contribution is -2.52. The lowest BCUT2D eigenvalue weighted by atomic mass is 10.2. The molecule has 2 aliphatic heterocycles. The van der Waals surface area contributed by atoms with Crippen molar-refractivity contribution in [1.29, 1.82) is 0 Å². The van der Waals surface area contributed by atoms with Crippen molar-refractivity contribution < 1.29 is 13.2 Å². The highest BCUT2D eigenvalue weighted by Gasteiger charge is 2.28. The highest BCUT2D eigenvalue weighted by molar-refractivity contribution is 7.89. The first-order valence-corrected chi connectivity index (χ1v) is 11.2. The van der Waals surface area contributed by atoms with E-state index in [1.165, 1.54) is 0 Å². The highest BCUT2D eigenvalue weighted by atomic mass is 35.5. The zero-order chi connectivity index (χ0) is 19.3. The summed E-state index contributed by atoms with van der Waals surface area (Å²) in [5.74, 6) is -0.0751. The Morgan fingerprint density at radius 3 is 2.61 bits per heavy atom. The van der Waals surface area contributed by atoms with Gasteiger partial charge in [0.05, 0.1) is 11.4 Å². The Morgan fingerprint density at radius 1 is 1.18 bits per heavy atom. The molecule has 2 fully saturated rings. The number of nitrogens with zero attached hydrogens (tertiary/aromatic N) is 2. The van der Waals surface area contributed by atoms with Crippen LogP contribution in [0.15, 0.2) is 29.2 Å². The molecule has 2 saturated heterocycles. The third kappa shape index (κ3) is 5.67. The molecule has 1 aromatic rings. The lowest BCUT2D eigenvalue weighted by Gasteiger charge is -2.33. The standard InChI is InChI=1S/C19H30N4O3S.ClH/c1-16-13-20-9-12-22(16)15-19(24)21-14-17-7-3-4-8-18(17)27(25,26)23-10-5-2-6-11-23;/h3-4,7-8,16,20H,2,5-6,9-15H2,1H3,(H,21,24);1H/t16-;/m1./s1. The summed E-state index contributed by atoms with van der Waals surface area (Å²) in [5, 5.41) is 6.20. The third-order valence-corrected chi connectivity index (χ3v) is 7.37. The molecule has 2 aliphatic rings. The fourth-order valence-electron chi connectivity index (χ4n) is 3.70. The van der Waals surface area contributed by atoms with Crippen LogP contribution < -0.4 is 10.6 Å². The summed E-state index contributed by atoms with van der Waals surface area (Å²) in [5.41, 5.74) is 0.643. The molecule has 0 aromatic heterocycles. The molecule has 1 aromatic carbocycles. The number of sulfonamides is 1. The second-order valence-electron chi connectivity index (χ2n) is 7.37. The molecule has 3 rings (SSSR count). The summed E-state index contributed by atoms with van der Waals surface area (Å²) in [6, 6.07) is 7.30. The average molecular weight is 431 g/mol. The molecule has 158 valence electrons. The first-order valence-electron chi connectivity index (χ1n) is 9.78. The molecule has 2 N–H and O–H groups in total. The van der Waals surface area contributed by atoms with Gasteiger partial charge in [0.2, 0.25) is 15.9 Å². The Bertz CT molecular complexity index is 753. The SMILES string of the molecule is C[C@@H]1CNCCN1CC(=O)NCc1ccccc1S(=O)(=O)N1CCCCC1.Cl. The molecule has 28 heavy (non-hydrogen) atoms. The minimum atomic E-state index is -3.51. The maximum Gasteiger partial charge on any atom is 0.243 e. The van der Waals surface area contributed by atoms with Gasteiger partial charge in [-0.05, 0) is 31.4 Å². The molecule has 0 spiro atoms. The van der Waals surface area contributed by atoms with Gasteiger partial charge in [0.25, 0.3) is 0 Å². The molecule has 0 saturated carbocycles. The number of nitrogens with one attached hydrogen (secondary N) is 2. The van der Waals surface area contributed by atoms with Crippen molar-refractivity contribution in [2.75, 3.05) is 39.3 Å². The summed E-state index contributed by atoms with van der Waals surface area (Å²) < 4.78 is 27.6. The van der Waals surface area contributed by atoms with E-state index in [2.05, 4.69) is 22.5 Å². The predicted octanol–water partition coefficient (Wildman–Crippen LogP) is 1.19. The lowest BCUT2D eigenvalue weighted by molar-refractivity contribution is -0.123. The fourth-order valence-corrected chi connectivity index (χ4v) is 5.44. The van der Waals surface area contributed by atoms with Crippen molar-refractivity contribution in [3.63, 3.8) is 0 Å². The van der Waals surface area contributed by atoms with Crippen molar-refractivity contribution in [2.24, 2.45) is 0 Å². The van der Waals surface area contributed by atoms with Gasteiger partial charge in [-0.1, -0.05) is 24.6 Å². The molecular formula is C19H31ClN4O3S. The van der Waals surface area contributed by atoms with Crippen molar-refractivity contribution in [1.82, 2.24) is 19.8 Å². The van der Waals surface area contributed by atoms with Crippen LogP contribution in [0.1, 0.15) is 31.7 Å². The summed E-state index contributed by atoms with van der Waals surface area (Å²) in [6.07, 6.45) is 2.89. The molecule has 7 nitrogen and oxygen atoms in total. The minimum absolute atomic E-state index is 0. The van der Waals surface area contributed by atoms with Crippen LogP contribution in [0, 0.1) is 0 Å². The van der Waals surface area contributed by atoms with Crippen molar-refractivity contribution in [3.8, 4) is 0 Å². The smallest absolute Gasteiger partial charge is 0.243 e. The van der Waals surface area contributed by atoms with E-state index in [-0.39, 0.29) is 24.9 Å². The molecular weight excluding hydrogens is 400 g/mol. The molecule has 0 bridgehead atoms. The first kappa shape index (κ1) is 23.1. The van der Waals surface area contributed by atoms with E-state index < -0.39 is 10.0 Å². The number of benzene rings is 1. The Balaban J connectivity index is 0.00000280. The van der Waals surface area contributed by atoms with Crippen LogP contribution in [0.25, 0.3) is 0 Å². The Morgan fingerprint density at radius 2 is 1.89 bits per heavy atom. The number of carbonyl (C=O) groups is 1. The van der Waals surface area contributed by atoms with E-state index in [1.807, 2.05) is 6.07 Å². The summed E-state index contributed by atoms with van der Waals surface area (Å²) in [4.78, 5) is 14.8. The quantitative estimate of drug-likeness (QED) is 0.708. The van der Waals surface area contributed by atoms with Crippen LogP contribution in [0.5, 0.6) is 0 Å². The second-order valence-corrected chi connectivity index (χ2v) is 9.28. The molecule has 0 radical (unpaired) electrons. The zero-order valence-electron chi connectivity index (χ0n) is 16.4. The van der Waals surface area contributed by atoms with E-state index in [1.54, 1.807) is 22.5 Å². The topological polar surface area (TPSA) is 81.8 Å². The number of piperazine rings is 1. The highest BCUT2D eigenvalue weighted by Crippen LogP contribution is 2.23. The number of rotatable bonds is 6. The third-order valence-electron chi connectivity index (χ3n) is 5.37. The number of hydrogen-bond donors (Lipinski definition) is 2. The average Bonchev–Trinajstić information content (AvgIpc) is 2.69. The van der Waals surface area contributed by atoms with Crippen LogP contribution in [0.2, 0.25) is 0 Å². The van der Waals surface area contributed by atoms with Gasteiger partial charge in [0, 0.05) is 45.3 Å². The number of hydrogen-bond acceptors (Lipinski definition) is 5. The van der Waals surface area contributed by atoms with Crippen molar-refractivity contribution in [2.45, 2.75) is 43.7 Å². The van der Waals surface area contributed by atoms with Crippen LogP contribution >= 0.6 is 12.4 Å². The van der Waals surface area contributed by atoms with E-state index in [0.717, 1.165) is 38.9 Å². The van der Waals surface area contributed by atoms with Crippen LogP contribution in [0.4, 0.5) is 0 Å². The molecule has 1 amide bonds. The normalized spacial score (nSPS) is 21.7. The zero-order valence-corrected chi connectivity index (χ0v) is 18.0. The number of amides is 1. The van der Waals surface area contributed by atoms with Gasteiger partial charge in [-0.25, -0.2) is 8.42 Å². The second kappa shape index (κ2) is 10.5. The maximum atomic E-state index is 13.0. The largest absolute Gasteiger partial charge is 0.351 e. The number of carbonyl (C=O) groups excluding carboxylic acids is 1. The van der Waals surface area contributed by atoms with Crippen LogP contribution in [-0.2, 0) is 21.4 Å². The molecule has 2 heterocycles. The van der Waals surface area contributed by atoms with Gasteiger partial charge in [-0.2, -0.15) is 4.31 Å². The van der Waals surface area contributed by atoms with Gasteiger partial charge in [0.1, 0.15) is 0 Å². The van der Waals surface area contributed by atoms with Gasteiger partial charge in [-0.15, -0.1) is 12.4 Å². The number of piperidine rings is 1. The summed E-state index contributed by atoms with van der Waals surface area (Å²) >= 11 is 0. The van der Waals surface area contributed by atoms with Gasteiger partial charge in [-0.3, -0.25) is 9.69 Å². The van der Waals surface area contributed by atoms with E-state index in [9.17, 15) is 13.2 Å². The van der Waals surface area contributed by atoms with E-state index in [4.69, 9.17) is 0 Å². The van der Waals surface area contributed by atoms with Crippen molar-refractivity contribution >= 4 is 28.3 Å². The Kier molecular flexibility index (Phi) is 8.70. The Labute approximate surface area is 174 Å². The van der Waals surface area contributed by atoms with Crippen LogP contribution in [-0.4, -0.2) is 68.8 Å². The van der Waals surface area contributed by atoms with Crippen LogP contribution in [0.3, 0.4) is 0 Å². The maximum absolute atomic E-state index is 13.0. The molecule has 0 unspecified atom stereocenters.